The second kappa shape index (κ2) is 2.87. The highest BCUT2D eigenvalue weighted by Crippen LogP contribution is 2.58. The van der Waals surface area contributed by atoms with Crippen LogP contribution in [0.5, 0.6) is 0 Å². The molecule has 1 aliphatic carbocycles. The average molecular weight is 191 g/mol. The van der Waals surface area contributed by atoms with Crippen LogP contribution < -0.4 is 5.32 Å². The number of anilines is 1. The Morgan fingerprint density at radius 2 is 2.36 bits per heavy atom. The molecule has 1 heterocycles. The zero-order valence-electron chi connectivity index (χ0n) is 9.02. The molecule has 1 unspecified atom stereocenters. The molecule has 0 bridgehead atoms. The highest BCUT2D eigenvalue weighted by atomic mass is 15.1. The average Bonchev–Trinajstić information content (AvgIpc) is 2.52. The van der Waals surface area contributed by atoms with Crippen LogP contribution in [0.1, 0.15) is 38.8 Å². The van der Waals surface area contributed by atoms with Crippen molar-refractivity contribution in [3.8, 4) is 0 Å². The van der Waals surface area contributed by atoms with Crippen LogP contribution in [0.2, 0.25) is 0 Å². The van der Waals surface area contributed by atoms with Gasteiger partial charge in [0.15, 0.2) is 0 Å². The Hall–Kier alpha value is -1.25. The van der Waals surface area contributed by atoms with Gasteiger partial charge in [0.2, 0.25) is 5.95 Å². The molecule has 1 aromatic heterocycles. The number of nitrogens with zero attached hydrogens (tertiary/aromatic N) is 1. The number of nitrogens with one attached hydrogen (secondary N) is 2. The lowest BCUT2D eigenvalue weighted by Gasteiger charge is -2.01. The third-order valence-corrected chi connectivity index (χ3v) is 2.82. The number of allylic oxidation sites excluding steroid dienone is 1. The smallest absolute Gasteiger partial charge is 0.204 e. The molecule has 0 aliphatic heterocycles. The van der Waals surface area contributed by atoms with E-state index in [-0.39, 0.29) is 0 Å². The second-order valence-electron chi connectivity index (χ2n) is 4.84. The van der Waals surface area contributed by atoms with Crippen molar-refractivity contribution in [3.05, 3.63) is 24.2 Å². The molecule has 0 saturated heterocycles. The molecule has 1 fully saturated rings. The van der Waals surface area contributed by atoms with Crippen molar-refractivity contribution in [2.24, 2.45) is 5.41 Å². The van der Waals surface area contributed by atoms with Gasteiger partial charge in [-0.2, -0.15) is 0 Å². The molecule has 1 atom stereocenters. The van der Waals surface area contributed by atoms with Gasteiger partial charge in [-0.05, 0) is 18.8 Å². The number of rotatable bonds is 3. The van der Waals surface area contributed by atoms with Gasteiger partial charge in [0.05, 0.1) is 6.20 Å². The molecule has 0 radical (unpaired) electrons. The van der Waals surface area contributed by atoms with Gasteiger partial charge in [0.1, 0.15) is 0 Å². The van der Waals surface area contributed by atoms with Crippen molar-refractivity contribution < 1.29 is 0 Å². The van der Waals surface area contributed by atoms with Gasteiger partial charge in [-0.25, -0.2) is 4.98 Å². The van der Waals surface area contributed by atoms with Gasteiger partial charge in [-0.1, -0.05) is 20.4 Å². The van der Waals surface area contributed by atoms with Crippen molar-refractivity contribution >= 4 is 5.95 Å². The molecule has 0 aromatic carbocycles. The Balaban J connectivity index is 2.08. The highest BCUT2D eigenvalue weighted by molar-refractivity contribution is 5.35. The van der Waals surface area contributed by atoms with Gasteiger partial charge in [-0.15, -0.1) is 0 Å². The van der Waals surface area contributed by atoms with Crippen LogP contribution in [0.25, 0.3) is 0 Å². The summed E-state index contributed by atoms with van der Waals surface area (Å²) in [7, 11) is 0. The molecule has 0 spiro atoms. The fourth-order valence-corrected chi connectivity index (χ4v) is 1.78. The van der Waals surface area contributed by atoms with Crippen LogP contribution in [-0.2, 0) is 0 Å². The first-order valence-corrected chi connectivity index (χ1v) is 4.96. The van der Waals surface area contributed by atoms with E-state index in [1.165, 1.54) is 12.1 Å². The number of aromatic nitrogens is 2. The first-order valence-electron chi connectivity index (χ1n) is 4.96. The summed E-state index contributed by atoms with van der Waals surface area (Å²) in [6, 6.07) is 0. The lowest BCUT2D eigenvalue weighted by molar-refractivity contribution is 0.617. The van der Waals surface area contributed by atoms with E-state index in [4.69, 9.17) is 0 Å². The van der Waals surface area contributed by atoms with E-state index in [1.807, 2.05) is 13.1 Å². The lowest BCUT2D eigenvalue weighted by Crippen LogP contribution is -1.96. The SMILES string of the molecule is C=C(C)Nc1ncc(C2CC2(C)C)[nH]1. The topological polar surface area (TPSA) is 40.7 Å². The quantitative estimate of drug-likeness (QED) is 0.771. The predicted octanol–water partition coefficient (Wildman–Crippen LogP) is 2.87. The fourth-order valence-electron chi connectivity index (χ4n) is 1.78. The Morgan fingerprint density at radius 1 is 1.71 bits per heavy atom. The third-order valence-electron chi connectivity index (χ3n) is 2.82. The zero-order valence-corrected chi connectivity index (χ0v) is 9.02. The van der Waals surface area contributed by atoms with Gasteiger partial charge in [0, 0.05) is 17.3 Å². The molecule has 3 heteroatoms. The number of hydrogen-bond acceptors (Lipinski definition) is 2. The molecule has 3 nitrogen and oxygen atoms in total. The minimum Gasteiger partial charge on any atom is -0.330 e. The Morgan fingerprint density at radius 3 is 2.86 bits per heavy atom. The number of hydrogen-bond donors (Lipinski definition) is 2. The van der Waals surface area contributed by atoms with Crippen LogP contribution >= 0.6 is 0 Å². The summed E-state index contributed by atoms with van der Waals surface area (Å²) >= 11 is 0. The van der Waals surface area contributed by atoms with Crippen LogP contribution in [0, 0.1) is 5.41 Å². The maximum Gasteiger partial charge on any atom is 0.204 e. The maximum absolute atomic E-state index is 4.26. The van der Waals surface area contributed by atoms with E-state index < -0.39 is 0 Å². The molecule has 2 rings (SSSR count). The van der Waals surface area contributed by atoms with Gasteiger partial charge >= 0.3 is 0 Å². The van der Waals surface area contributed by atoms with Crippen molar-refractivity contribution in [1.82, 2.24) is 9.97 Å². The summed E-state index contributed by atoms with van der Waals surface area (Å²) in [5.74, 6) is 1.45. The molecule has 2 N–H and O–H groups in total. The van der Waals surface area contributed by atoms with E-state index in [0.717, 1.165) is 11.6 Å². The van der Waals surface area contributed by atoms with E-state index in [2.05, 4.69) is 35.7 Å². The van der Waals surface area contributed by atoms with Gasteiger partial charge in [0.25, 0.3) is 0 Å². The third kappa shape index (κ3) is 1.67. The number of aromatic amines is 1. The van der Waals surface area contributed by atoms with E-state index in [9.17, 15) is 0 Å². The first-order chi connectivity index (χ1) is 6.49. The van der Waals surface area contributed by atoms with E-state index in [0.29, 0.717) is 11.3 Å². The van der Waals surface area contributed by atoms with Crippen molar-refractivity contribution in [2.45, 2.75) is 33.1 Å². The molecule has 1 aromatic rings. The normalized spacial score (nSPS) is 23.2. The summed E-state index contributed by atoms with van der Waals surface area (Å²) in [6.45, 7) is 10.3. The number of H-pyrrole nitrogens is 1. The van der Waals surface area contributed by atoms with Crippen molar-refractivity contribution in [2.75, 3.05) is 5.32 Å². The first kappa shape index (κ1) is 9.31. The monoisotopic (exact) mass is 191 g/mol. The van der Waals surface area contributed by atoms with Crippen molar-refractivity contribution in [1.29, 1.82) is 0 Å². The lowest BCUT2D eigenvalue weighted by atomic mass is 10.1. The van der Waals surface area contributed by atoms with Crippen LogP contribution in [0.3, 0.4) is 0 Å². The Bertz CT molecular complexity index is 362. The highest BCUT2D eigenvalue weighted by Gasteiger charge is 2.47. The zero-order chi connectivity index (χ0) is 10.3. The van der Waals surface area contributed by atoms with Gasteiger partial charge < -0.3 is 10.3 Å². The standard InChI is InChI=1S/C11H17N3/c1-7(2)13-10-12-6-9(14-10)8-5-11(8,3)4/h6,8H,1,5H2,2-4H3,(H2,12,13,14). The largest absolute Gasteiger partial charge is 0.330 e. The summed E-state index contributed by atoms with van der Waals surface area (Å²) in [5.41, 5.74) is 2.59. The van der Waals surface area contributed by atoms with Crippen LogP contribution in [0.4, 0.5) is 5.95 Å². The molecular weight excluding hydrogens is 174 g/mol. The second-order valence-corrected chi connectivity index (χ2v) is 4.84. The summed E-state index contributed by atoms with van der Waals surface area (Å²) in [4.78, 5) is 7.53. The Kier molecular flexibility index (Phi) is 1.91. The van der Waals surface area contributed by atoms with Crippen LogP contribution in [-0.4, -0.2) is 9.97 Å². The van der Waals surface area contributed by atoms with Gasteiger partial charge in [-0.3, -0.25) is 0 Å². The molecule has 1 aliphatic rings. The molecule has 76 valence electrons. The molecular formula is C11H17N3. The minimum absolute atomic E-state index is 0.451. The Labute approximate surface area is 84.6 Å². The summed E-state index contributed by atoms with van der Waals surface area (Å²) < 4.78 is 0. The van der Waals surface area contributed by atoms with E-state index >= 15 is 0 Å². The summed E-state index contributed by atoms with van der Waals surface area (Å²) in [6.07, 6.45) is 3.17. The summed E-state index contributed by atoms with van der Waals surface area (Å²) in [5, 5.41) is 3.07. The van der Waals surface area contributed by atoms with Crippen molar-refractivity contribution in [3.63, 3.8) is 0 Å². The predicted molar refractivity (Wildman–Crippen MR) is 58.2 cm³/mol. The molecule has 14 heavy (non-hydrogen) atoms. The minimum atomic E-state index is 0.451. The number of imidazole rings is 1. The maximum atomic E-state index is 4.26. The molecule has 0 amide bonds. The van der Waals surface area contributed by atoms with E-state index in [1.54, 1.807) is 0 Å². The van der Waals surface area contributed by atoms with Crippen LogP contribution in [0.15, 0.2) is 18.5 Å². The fraction of sp³-hybridized carbons (Fsp3) is 0.545. The molecule has 1 saturated carbocycles.